The van der Waals surface area contributed by atoms with Gasteiger partial charge in [-0.05, 0) is 42.3 Å². The fraction of sp³-hybridized carbons (Fsp3) is 0.130. The van der Waals surface area contributed by atoms with Gasteiger partial charge in [-0.2, -0.15) is 0 Å². The molecule has 6 nitrogen and oxygen atoms in total. The van der Waals surface area contributed by atoms with E-state index in [2.05, 4.69) is 15.3 Å². The first-order valence-corrected chi connectivity index (χ1v) is 9.45. The highest BCUT2D eigenvalue weighted by Gasteiger charge is 2.27. The van der Waals surface area contributed by atoms with Crippen LogP contribution in [0.5, 0.6) is 0 Å². The first-order valence-electron chi connectivity index (χ1n) is 9.45. The average Bonchev–Trinajstić information content (AvgIpc) is 2.88. The van der Waals surface area contributed by atoms with Crippen LogP contribution in [0.25, 0.3) is 0 Å². The lowest BCUT2D eigenvalue weighted by molar-refractivity contribution is -0.120. The molecule has 0 bridgehead atoms. The molecule has 7 heteroatoms. The number of hydrogen-bond acceptors (Lipinski definition) is 4. The number of nitrogens with zero attached hydrogens (tertiary/aromatic N) is 3. The Labute approximate surface area is 173 Å². The highest BCUT2D eigenvalue weighted by Crippen LogP contribution is 2.30. The lowest BCUT2D eigenvalue weighted by Gasteiger charge is -2.21. The number of pyridine rings is 1. The average molecular weight is 402 g/mol. The number of carbonyl (C=O) groups is 2. The van der Waals surface area contributed by atoms with Gasteiger partial charge in [0.15, 0.2) is 5.82 Å². The van der Waals surface area contributed by atoms with E-state index in [0.717, 1.165) is 11.1 Å². The van der Waals surface area contributed by atoms with Crippen LogP contribution in [0.15, 0.2) is 71.9 Å². The second-order valence-electron chi connectivity index (χ2n) is 6.93. The summed E-state index contributed by atoms with van der Waals surface area (Å²) in [5, 5.41) is 2.67. The number of benzene rings is 2. The molecule has 30 heavy (non-hydrogen) atoms. The quantitative estimate of drug-likeness (QED) is 0.716. The number of nitrogens with one attached hydrogen (secondary N) is 1. The minimum atomic E-state index is -0.449. The van der Waals surface area contributed by atoms with Crippen molar-refractivity contribution in [2.45, 2.75) is 13.3 Å². The molecule has 1 N–H and O–H groups in total. The van der Waals surface area contributed by atoms with Crippen LogP contribution in [0.1, 0.15) is 17.5 Å². The van der Waals surface area contributed by atoms with E-state index in [-0.39, 0.29) is 18.9 Å². The van der Waals surface area contributed by atoms with Crippen LogP contribution >= 0.6 is 0 Å². The SMILES string of the molecule is Cc1ccc(F)cc1NC(=O)CN1C(=O)CC(c2ccccc2)=Nc2cccnc21. The highest BCUT2D eigenvalue weighted by atomic mass is 19.1. The van der Waals surface area contributed by atoms with Crippen molar-refractivity contribution >= 4 is 34.7 Å². The smallest absolute Gasteiger partial charge is 0.244 e. The molecule has 3 aromatic rings. The van der Waals surface area contributed by atoms with Crippen molar-refractivity contribution in [2.24, 2.45) is 4.99 Å². The van der Waals surface area contributed by atoms with Crippen LogP contribution < -0.4 is 10.2 Å². The molecule has 0 saturated heterocycles. The molecular weight excluding hydrogens is 383 g/mol. The maximum absolute atomic E-state index is 13.5. The summed E-state index contributed by atoms with van der Waals surface area (Å²) in [6.07, 6.45) is 1.59. The predicted molar refractivity (Wildman–Crippen MR) is 114 cm³/mol. The maximum atomic E-state index is 13.5. The molecule has 0 atom stereocenters. The number of aliphatic imine (C=N–C) groups is 1. The number of aryl methyl sites for hydroxylation is 1. The van der Waals surface area contributed by atoms with Crippen LogP contribution in [0.4, 0.5) is 21.6 Å². The molecular formula is C23H19FN4O2. The molecule has 0 aliphatic carbocycles. The first kappa shape index (κ1) is 19.4. The Hall–Kier alpha value is -3.87. The summed E-state index contributed by atoms with van der Waals surface area (Å²) in [6, 6.07) is 17.1. The minimum Gasteiger partial charge on any atom is -0.324 e. The normalized spacial score (nSPS) is 13.3. The Morgan fingerprint density at radius 1 is 1.13 bits per heavy atom. The van der Waals surface area contributed by atoms with Crippen molar-refractivity contribution in [3.05, 3.63) is 83.8 Å². The molecule has 0 radical (unpaired) electrons. The summed E-state index contributed by atoms with van der Waals surface area (Å²) >= 11 is 0. The van der Waals surface area contributed by atoms with Gasteiger partial charge in [0, 0.05) is 11.9 Å². The Kier molecular flexibility index (Phi) is 5.34. The summed E-state index contributed by atoms with van der Waals surface area (Å²) in [6.45, 7) is 1.51. The van der Waals surface area contributed by atoms with Gasteiger partial charge < -0.3 is 5.32 Å². The van der Waals surface area contributed by atoms with Gasteiger partial charge in [-0.3, -0.25) is 14.5 Å². The second-order valence-corrected chi connectivity index (χ2v) is 6.93. The van der Waals surface area contributed by atoms with Crippen molar-refractivity contribution in [1.82, 2.24) is 4.98 Å². The van der Waals surface area contributed by atoms with Gasteiger partial charge in [0.1, 0.15) is 18.0 Å². The van der Waals surface area contributed by atoms with E-state index >= 15 is 0 Å². The van der Waals surface area contributed by atoms with Crippen molar-refractivity contribution in [1.29, 1.82) is 0 Å². The van der Waals surface area contributed by atoms with Crippen LogP contribution in [0.2, 0.25) is 0 Å². The third-order valence-corrected chi connectivity index (χ3v) is 4.78. The van der Waals surface area contributed by atoms with Crippen molar-refractivity contribution in [3.63, 3.8) is 0 Å². The van der Waals surface area contributed by atoms with E-state index in [0.29, 0.717) is 22.9 Å². The number of hydrogen-bond donors (Lipinski definition) is 1. The van der Waals surface area contributed by atoms with E-state index in [1.54, 1.807) is 31.3 Å². The summed E-state index contributed by atoms with van der Waals surface area (Å²) in [4.78, 5) is 36.0. The number of anilines is 2. The molecule has 2 amide bonds. The Bertz CT molecular complexity index is 1140. The Morgan fingerprint density at radius 3 is 2.73 bits per heavy atom. The third-order valence-electron chi connectivity index (χ3n) is 4.78. The van der Waals surface area contributed by atoms with Crippen LogP contribution in [-0.2, 0) is 9.59 Å². The zero-order chi connectivity index (χ0) is 21.1. The third kappa shape index (κ3) is 4.10. The zero-order valence-electron chi connectivity index (χ0n) is 16.3. The molecule has 0 unspecified atom stereocenters. The van der Waals surface area contributed by atoms with Crippen LogP contribution in [0.3, 0.4) is 0 Å². The molecule has 0 spiro atoms. The first-order chi connectivity index (χ1) is 14.5. The van der Waals surface area contributed by atoms with Gasteiger partial charge in [0.2, 0.25) is 11.8 Å². The lowest BCUT2D eigenvalue weighted by Crippen LogP contribution is -2.39. The number of rotatable bonds is 4. The van der Waals surface area contributed by atoms with Crippen LogP contribution in [-0.4, -0.2) is 29.1 Å². The fourth-order valence-corrected chi connectivity index (χ4v) is 3.25. The summed E-state index contributed by atoms with van der Waals surface area (Å²) < 4.78 is 13.5. The molecule has 4 rings (SSSR count). The molecule has 0 fully saturated rings. The largest absolute Gasteiger partial charge is 0.324 e. The molecule has 2 aromatic carbocycles. The number of aromatic nitrogens is 1. The van der Waals surface area contributed by atoms with E-state index in [9.17, 15) is 14.0 Å². The van der Waals surface area contributed by atoms with Crippen LogP contribution in [0, 0.1) is 12.7 Å². The van der Waals surface area contributed by atoms with Crippen molar-refractivity contribution in [3.8, 4) is 0 Å². The van der Waals surface area contributed by atoms with Gasteiger partial charge in [0.25, 0.3) is 0 Å². The Balaban J connectivity index is 1.61. The summed E-state index contributed by atoms with van der Waals surface area (Å²) in [5.74, 6) is -0.868. The molecule has 2 heterocycles. The summed E-state index contributed by atoms with van der Waals surface area (Å²) in [7, 11) is 0. The van der Waals surface area contributed by atoms with E-state index in [4.69, 9.17) is 0 Å². The number of halogens is 1. The van der Waals surface area contributed by atoms with E-state index in [1.165, 1.54) is 17.0 Å². The lowest BCUT2D eigenvalue weighted by atomic mass is 10.1. The van der Waals surface area contributed by atoms with Crippen molar-refractivity contribution < 1.29 is 14.0 Å². The standard InChI is InChI=1S/C23H19FN4O2/c1-15-9-10-17(24)12-19(15)27-21(29)14-28-22(30)13-20(16-6-3-2-4-7-16)26-18-8-5-11-25-23(18)28/h2-12H,13-14H2,1H3,(H,27,29). The molecule has 1 aromatic heterocycles. The van der Waals surface area contributed by atoms with Gasteiger partial charge in [0.05, 0.1) is 12.1 Å². The van der Waals surface area contributed by atoms with Gasteiger partial charge in [-0.25, -0.2) is 14.4 Å². The van der Waals surface area contributed by atoms with Gasteiger partial charge >= 0.3 is 0 Å². The Morgan fingerprint density at radius 2 is 1.93 bits per heavy atom. The maximum Gasteiger partial charge on any atom is 0.244 e. The molecule has 1 aliphatic rings. The molecule has 0 saturated carbocycles. The fourth-order valence-electron chi connectivity index (χ4n) is 3.25. The highest BCUT2D eigenvalue weighted by molar-refractivity contribution is 6.18. The number of carbonyl (C=O) groups excluding carboxylic acids is 2. The van der Waals surface area contributed by atoms with Gasteiger partial charge in [-0.1, -0.05) is 36.4 Å². The second kappa shape index (κ2) is 8.24. The molecule has 150 valence electrons. The summed E-state index contributed by atoms with van der Waals surface area (Å²) in [5.41, 5.74) is 3.04. The monoisotopic (exact) mass is 402 g/mol. The topological polar surface area (TPSA) is 74.7 Å². The number of amides is 2. The predicted octanol–water partition coefficient (Wildman–Crippen LogP) is 4.03. The number of fused-ring (bicyclic) bond motifs is 1. The zero-order valence-corrected chi connectivity index (χ0v) is 16.3. The molecule has 1 aliphatic heterocycles. The minimum absolute atomic E-state index is 0.0344. The van der Waals surface area contributed by atoms with Crippen molar-refractivity contribution in [2.75, 3.05) is 16.8 Å². The van der Waals surface area contributed by atoms with E-state index < -0.39 is 11.7 Å². The van der Waals surface area contributed by atoms with E-state index in [1.807, 2.05) is 30.3 Å². The van der Waals surface area contributed by atoms with Gasteiger partial charge in [-0.15, -0.1) is 0 Å².